The summed E-state index contributed by atoms with van der Waals surface area (Å²) in [6.45, 7) is 1.99. The molecule has 0 spiro atoms. The summed E-state index contributed by atoms with van der Waals surface area (Å²) in [4.78, 5) is 12.8. The van der Waals surface area contributed by atoms with Crippen LogP contribution in [0.4, 0.5) is 5.69 Å². The van der Waals surface area contributed by atoms with Crippen molar-refractivity contribution in [2.45, 2.75) is 24.0 Å². The number of hydrogen-bond donors (Lipinski definition) is 1. The van der Waals surface area contributed by atoms with Crippen molar-refractivity contribution in [3.05, 3.63) is 82.9 Å². The second-order valence-corrected chi connectivity index (χ2v) is 11.6. The zero-order valence-electron chi connectivity index (χ0n) is 21.1. The van der Waals surface area contributed by atoms with Gasteiger partial charge in [-0.25, -0.2) is 8.42 Å². The molecular weight excluding hydrogens is 532 g/mol. The highest BCUT2D eigenvalue weighted by Crippen LogP contribution is 2.32. The second kappa shape index (κ2) is 13.6. The first-order valence-electron chi connectivity index (χ1n) is 11.7. The third-order valence-electron chi connectivity index (χ3n) is 5.56. The molecule has 0 heterocycles. The fourth-order valence-electron chi connectivity index (χ4n) is 3.52. The molecule has 1 amide bonds. The van der Waals surface area contributed by atoms with Crippen LogP contribution in [-0.4, -0.2) is 47.4 Å². The van der Waals surface area contributed by atoms with Gasteiger partial charge in [0.15, 0.2) is 11.5 Å². The first kappa shape index (κ1) is 28.7. The van der Waals surface area contributed by atoms with Crippen molar-refractivity contribution in [2.24, 2.45) is 0 Å². The lowest BCUT2D eigenvalue weighted by Gasteiger charge is -2.24. The minimum atomic E-state index is -4.07. The fraction of sp³-hybridized carbons (Fsp3) is 0.296. The van der Waals surface area contributed by atoms with Gasteiger partial charge < -0.3 is 14.8 Å². The molecule has 3 aromatic rings. The molecule has 0 atom stereocenters. The summed E-state index contributed by atoms with van der Waals surface area (Å²) in [6.07, 6.45) is 0.744. The molecule has 0 unspecified atom stereocenters. The van der Waals surface area contributed by atoms with E-state index in [1.807, 2.05) is 31.2 Å². The minimum Gasteiger partial charge on any atom is -0.493 e. The molecule has 7 nitrogen and oxygen atoms in total. The number of halogens is 1. The Kier molecular flexibility index (Phi) is 10.5. The largest absolute Gasteiger partial charge is 0.493 e. The van der Waals surface area contributed by atoms with Crippen LogP contribution in [0.1, 0.15) is 17.5 Å². The number of anilines is 1. The van der Waals surface area contributed by atoms with Crippen molar-refractivity contribution >= 4 is 45.0 Å². The smallest absolute Gasteiger partial charge is 0.264 e. The number of amides is 1. The van der Waals surface area contributed by atoms with Gasteiger partial charge in [-0.3, -0.25) is 9.10 Å². The Bertz CT molecular complexity index is 1300. The van der Waals surface area contributed by atoms with E-state index < -0.39 is 10.0 Å². The van der Waals surface area contributed by atoms with Crippen molar-refractivity contribution < 1.29 is 22.7 Å². The number of carbonyl (C=O) groups is 1. The highest BCUT2D eigenvalue weighted by molar-refractivity contribution is 7.98. The Balaban J connectivity index is 1.66. The number of benzene rings is 3. The fourth-order valence-corrected chi connectivity index (χ4v) is 6.20. The van der Waals surface area contributed by atoms with Crippen LogP contribution >= 0.6 is 23.4 Å². The topological polar surface area (TPSA) is 84.9 Å². The van der Waals surface area contributed by atoms with Crippen LogP contribution in [0.25, 0.3) is 0 Å². The van der Waals surface area contributed by atoms with Gasteiger partial charge in [0.1, 0.15) is 6.54 Å². The summed E-state index contributed by atoms with van der Waals surface area (Å²) in [7, 11) is -1.16. The Morgan fingerprint density at radius 1 is 1.00 bits per heavy atom. The first-order valence-corrected chi connectivity index (χ1v) is 14.6. The van der Waals surface area contributed by atoms with Crippen LogP contribution in [0.5, 0.6) is 11.5 Å². The number of ether oxygens (including phenoxy) is 2. The number of sulfonamides is 1. The molecule has 0 radical (unpaired) electrons. The van der Waals surface area contributed by atoms with Crippen molar-refractivity contribution in [1.82, 2.24) is 5.32 Å². The van der Waals surface area contributed by atoms with Gasteiger partial charge in [0.2, 0.25) is 5.91 Å². The lowest BCUT2D eigenvalue weighted by atomic mass is 10.2. The molecule has 1 N–H and O–H groups in total. The molecule has 3 rings (SSSR count). The summed E-state index contributed by atoms with van der Waals surface area (Å²) in [5.41, 5.74) is 2.45. The van der Waals surface area contributed by atoms with Crippen molar-refractivity contribution in [3.63, 3.8) is 0 Å². The predicted molar refractivity (Wildman–Crippen MR) is 150 cm³/mol. The summed E-state index contributed by atoms with van der Waals surface area (Å²) < 4.78 is 38.9. The maximum absolute atomic E-state index is 13.6. The average Bonchev–Trinajstić information content (AvgIpc) is 2.90. The highest BCUT2D eigenvalue weighted by atomic mass is 35.5. The summed E-state index contributed by atoms with van der Waals surface area (Å²) in [5.74, 6) is 1.93. The van der Waals surface area contributed by atoms with Crippen LogP contribution < -0.4 is 19.1 Å². The van der Waals surface area contributed by atoms with E-state index in [4.69, 9.17) is 21.1 Å². The third-order valence-corrected chi connectivity index (χ3v) is 8.79. The Hall–Kier alpha value is -2.88. The maximum atomic E-state index is 13.6. The van der Waals surface area contributed by atoms with E-state index in [-0.39, 0.29) is 23.1 Å². The van der Waals surface area contributed by atoms with E-state index in [0.29, 0.717) is 18.0 Å². The number of nitrogens with one attached hydrogen (secondary N) is 1. The van der Waals surface area contributed by atoms with Gasteiger partial charge in [0.25, 0.3) is 10.0 Å². The quantitative estimate of drug-likeness (QED) is 0.285. The zero-order valence-corrected chi connectivity index (χ0v) is 23.5. The van der Waals surface area contributed by atoms with E-state index in [2.05, 4.69) is 5.32 Å². The number of methoxy groups -OCH3 is 2. The molecule has 0 bridgehead atoms. The third kappa shape index (κ3) is 7.80. The summed E-state index contributed by atoms with van der Waals surface area (Å²) in [6, 6.07) is 19.1. The number of nitrogens with zero attached hydrogens (tertiary/aromatic N) is 1. The number of carbonyl (C=O) groups excluding carboxylic acids is 1. The Labute approximate surface area is 228 Å². The van der Waals surface area contributed by atoms with Crippen LogP contribution in [0.3, 0.4) is 0 Å². The highest BCUT2D eigenvalue weighted by Gasteiger charge is 2.28. The molecule has 37 heavy (non-hydrogen) atoms. The normalized spacial score (nSPS) is 11.1. The molecule has 0 aliphatic carbocycles. The van der Waals surface area contributed by atoms with Crippen LogP contribution in [0, 0.1) is 6.92 Å². The van der Waals surface area contributed by atoms with Gasteiger partial charge >= 0.3 is 0 Å². The number of thioether (sulfide) groups is 1. The van der Waals surface area contributed by atoms with Crippen molar-refractivity contribution in [1.29, 1.82) is 0 Å². The predicted octanol–water partition coefficient (Wildman–Crippen LogP) is 5.30. The average molecular weight is 563 g/mol. The standard InChI is InChI=1S/C27H31ClN2O5S2/c1-20-9-11-22(12-10-20)30(37(32,33)23-13-14-25(34-2)26(17-23)35-3)18-27(31)29-15-6-16-36-19-21-7-4-5-8-24(21)28/h4-5,7-14,17H,6,15-16,18-19H2,1-3H3,(H,29,31). The van der Waals surface area contributed by atoms with Gasteiger partial charge in [-0.05, 0) is 55.0 Å². The zero-order chi connectivity index (χ0) is 26.8. The molecule has 0 aromatic heterocycles. The molecule has 0 aliphatic rings. The monoisotopic (exact) mass is 562 g/mol. The van der Waals surface area contributed by atoms with Crippen molar-refractivity contribution in [3.8, 4) is 11.5 Å². The summed E-state index contributed by atoms with van der Waals surface area (Å²) >= 11 is 7.92. The molecule has 0 aliphatic heterocycles. The Morgan fingerprint density at radius 2 is 1.70 bits per heavy atom. The first-order chi connectivity index (χ1) is 17.8. The van der Waals surface area contributed by atoms with E-state index >= 15 is 0 Å². The molecule has 0 saturated heterocycles. The van der Waals surface area contributed by atoms with Gasteiger partial charge in [0, 0.05) is 23.4 Å². The van der Waals surface area contributed by atoms with Gasteiger partial charge in [0.05, 0.1) is 24.8 Å². The van der Waals surface area contributed by atoms with Gasteiger partial charge in [-0.15, -0.1) is 0 Å². The molecular formula is C27H31ClN2O5S2. The molecule has 0 fully saturated rings. The second-order valence-electron chi connectivity index (χ2n) is 8.21. The maximum Gasteiger partial charge on any atom is 0.264 e. The van der Waals surface area contributed by atoms with E-state index in [1.165, 1.54) is 32.4 Å². The number of hydrogen-bond acceptors (Lipinski definition) is 6. The van der Waals surface area contributed by atoms with Gasteiger partial charge in [-0.1, -0.05) is 47.5 Å². The molecule has 198 valence electrons. The lowest BCUT2D eigenvalue weighted by Crippen LogP contribution is -2.41. The number of aryl methyl sites for hydroxylation is 1. The van der Waals surface area contributed by atoms with E-state index in [1.54, 1.807) is 36.0 Å². The SMILES string of the molecule is COc1ccc(S(=O)(=O)N(CC(=O)NCCCSCc2ccccc2Cl)c2ccc(C)cc2)cc1OC. The number of rotatable bonds is 13. The van der Waals surface area contributed by atoms with E-state index in [9.17, 15) is 13.2 Å². The lowest BCUT2D eigenvalue weighted by molar-refractivity contribution is -0.119. The van der Waals surface area contributed by atoms with Crippen LogP contribution in [-0.2, 0) is 20.6 Å². The molecule has 10 heteroatoms. The molecule has 3 aromatic carbocycles. The van der Waals surface area contributed by atoms with E-state index in [0.717, 1.165) is 38.4 Å². The van der Waals surface area contributed by atoms with Crippen molar-refractivity contribution in [2.75, 3.05) is 37.4 Å². The van der Waals surface area contributed by atoms with Crippen LogP contribution in [0.15, 0.2) is 71.6 Å². The summed E-state index contributed by atoms with van der Waals surface area (Å²) in [5, 5.41) is 3.59. The molecule has 0 saturated carbocycles. The van der Waals surface area contributed by atoms with Crippen LogP contribution in [0.2, 0.25) is 5.02 Å². The van der Waals surface area contributed by atoms with Gasteiger partial charge in [-0.2, -0.15) is 11.8 Å². The minimum absolute atomic E-state index is 0.00509. The Morgan fingerprint density at radius 3 is 2.38 bits per heavy atom.